The van der Waals surface area contributed by atoms with Gasteiger partial charge in [0, 0.05) is 22.3 Å². The van der Waals surface area contributed by atoms with Crippen molar-refractivity contribution < 1.29 is 19.1 Å². The Balaban J connectivity index is 2.23. The van der Waals surface area contributed by atoms with Crippen molar-refractivity contribution >= 4 is 23.7 Å². The lowest BCUT2D eigenvalue weighted by Crippen LogP contribution is -2.07. The molecule has 3 rings (SSSR count). The molecule has 1 heterocycles. The lowest BCUT2D eigenvalue weighted by molar-refractivity contribution is 0.103. The number of hydrogen-bond donors (Lipinski definition) is 0. The van der Waals surface area contributed by atoms with Gasteiger partial charge >= 0.3 is 0 Å². The van der Waals surface area contributed by atoms with Crippen LogP contribution >= 0.6 is 11.6 Å². The second kappa shape index (κ2) is 8.01. The van der Waals surface area contributed by atoms with E-state index in [-0.39, 0.29) is 11.5 Å². The second-order valence-electron chi connectivity index (χ2n) is 5.61. The van der Waals surface area contributed by atoms with E-state index in [1.54, 1.807) is 48.5 Å². The van der Waals surface area contributed by atoms with Crippen molar-refractivity contribution in [2.45, 2.75) is 0 Å². The fraction of sp³-hybridized carbons (Fsp3) is 0.0952. The van der Waals surface area contributed by atoms with Crippen molar-refractivity contribution in [3.63, 3.8) is 0 Å². The molecule has 0 bridgehead atoms. The summed E-state index contributed by atoms with van der Waals surface area (Å²) in [6.07, 6.45) is 2.18. The molecule has 6 heteroatoms. The van der Waals surface area contributed by atoms with Gasteiger partial charge in [-0.05, 0) is 35.9 Å². The number of benzene rings is 2. The number of ketones is 1. The highest BCUT2D eigenvalue weighted by Gasteiger charge is 2.22. The van der Waals surface area contributed by atoms with Crippen LogP contribution in [0.5, 0.6) is 11.5 Å². The molecule has 1 aromatic heterocycles. The SMILES string of the molecule is COc1cccc(C(=O)c2cc(Cl)ccc2-c2cccnc2C=O)c1OC. The number of methoxy groups -OCH3 is 2. The minimum absolute atomic E-state index is 0.242. The van der Waals surface area contributed by atoms with Crippen LogP contribution in [0.1, 0.15) is 26.4 Å². The lowest BCUT2D eigenvalue weighted by atomic mass is 9.92. The number of carbonyl (C=O) groups is 2. The van der Waals surface area contributed by atoms with Crippen molar-refractivity contribution in [2.24, 2.45) is 0 Å². The molecule has 27 heavy (non-hydrogen) atoms. The van der Waals surface area contributed by atoms with E-state index in [4.69, 9.17) is 21.1 Å². The van der Waals surface area contributed by atoms with Crippen LogP contribution in [0.25, 0.3) is 11.1 Å². The first kappa shape index (κ1) is 18.6. The third kappa shape index (κ3) is 3.55. The third-order valence-corrected chi connectivity index (χ3v) is 4.35. The molecule has 0 saturated carbocycles. The minimum atomic E-state index is -0.302. The Hall–Kier alpha value is -3.18. The fourth-order valence-electron chi connectivity index (χ4n) is 2.89. The predicted octanol–water partition coefficient (Wildman–Crippen LogP) is 4.46. The molecule has 3 aromatic rings. The maximum atomic E-state index is 13.3. The first-order valence-corrected chi connectivity index (χ1v) is 8.44. The summed E-state index contributed by atoms with van der Waals surface area (Å²) in [7, 11) is 2.97. The highest BCUT2D eigenvalue weighted by Crippen LogP contribution is 2.35. The Morgan fingerprint density at radius 1 is 1.00 bits per heavy atom. The van der Waals surface area contributed by atoms with Gasteiger partial charge in [0.15, 0.2) is 23.6 Å². The average molecular weight is 382 g/mol. The highest BCUT2D eigenvalue weighted by atomic mass is 35.5. The Morgan fingerprint density at radius 2 is 1.81 bits per heavy atom. The summed E-state index contributed by atoms with van der Waals surface area (Å²) < 4.78 is 10.7. The Labute approximate surface area is 161 Å². The molecule has 0 fully saturated rings. The Kier molecular flexibility index (Phi) is 5.52. The van der Waals surface area contributed by atoms with Crippen molar-refractivity contribution in [2.75, 3.05) is 14.2 Å². The number of halogens is 1. The first-order chi connectivity index (χ1) is 13.1. The number of nitrogens with zero attached hydrogens (tertiary/aromatic N) is 1. The zero-order valence-corrected chi connectivity index (χ0v) is 15.5. The smallest absolute Gasteiger partial charge is 0.197 e. The van der Waals surface area contributed by atoms with Crippen LogP contribution in [0.4, 0.5) is 0 Å². The van der Waals surface area contributed by atoms with Gasteiger partial charge in [0.1, 0.15) is 5.69 Å². The van der Waals surface area contributed by atoms with Gasteiger partial charge < -0.3 is 9.47 Å². The van der Waals surface area contributed by atoms with Crippen LogP contribution < -0.4 is 9.47 Å². The van der Waals surface area contributed by atoms with E-state index in [9.17, 15) is 9.59 Å². The maximum Gasteiger partial charge on any atom is 0.197 e. The highest BCUT2D eigenvalue weighted by molar-refractivity contribution is 6.31. The average Bonchev–Trinajstić information content (AvgIpc) is 2.72. The molecule has 0 aliphatic rings. The Bertz CT molecular complexity index is 1020. The van der Waals surface area contributed by atoms with Gasteiger partial charge in [-0.3, -0.25) is 14.6 Å². The van der Waals surface area contributed by atoms with Crippen molar-refractivity contribution in [3.8, 4) is 22.6 Å². The maximum absolute atomic E-state index is 13.3. The van der Waals surface area contributed by atoms with Gasteiger partial charge in [-0.2, -0.15) is 0 Å². The Morgan fingerprint density at radius 3 is 2.52 bits per heavy atom. The van der Waals surface area contributed by atoms with E-state index in [0.29, 0.717) is 45.1 Å². The molecular formula is C21H16ClNO4. The molecule has 0 spiro atoms. The number of para-hydroxylation sites is 1. The number of pyridine rings is 1. The summed E-state index contributed by atoms with van der Waals surface area (Å²) >= 11 is 6.15. The topological polar surface area (TPSA) is 65.5 Å². The van der Waals surface area contributed by atoms with Gasteiger partial charge in [-0.1, -0.05) is 29.8 Å². The van der Waals surface area contributed by atoms with Crippen molar-refractivity contribution in [1.29, 1.82) is 0 Å². The summed E-state index contributed by atoms with van der Waals surface area (Å²) in [5.41, 5.74) is 2.02. The standard InChI is InChI=1S/C21H16ClNO4/c1-26-19-7-3-5-16(21(19)27-2)20(25)17-11-13(22)8-9-14(17)15-6-4-10-23-18(15)12-24/h3-12H,1-2H3. The molecule has 0 atom stereocenters. The molecule has 0 N–H and O–H groups in total. The third-order valence-electron chi connectivity index (χ3n) is 4.11. The largest absolute Gasteiger partial charge is 0.493 e. The number of hydrogen-bond acceptors (Lipinski definition) is 5. The van der Waals surface area contributed by atoms with Gasteiger partial charge in [0.05, 0.1) is 19.8 Å². The normalized spacial score (nSPS) is 10.3. The predicted molar refractivity (Wildman–Crippen MR) is 103 cm³/mol. The summed E-state index contributed by atoms with van der Waals surface area (Å²) in [5.74, 6) is 0.476. The molecular weight excluding hydrogens is 366 g/mol. The lowest BCUT2D eigenvalue weighted by Gasteiger charge is -2.14. The molecule has 0 aliphatic heterocycles. The van der Waals surface area contributed by atoms with Crippen LogP contribution in [0.3, 0.4) is 0 Å². The molecule has 0 radical (unpaired) electrons. The molecule has 0 aliphatic carbocycles. The summed E-state index contributed by atoms with van der Waals surface area (Å²) in [5, 5.41) is 0.403. The summed E-state index contributed by atoms with van der Waals surface area (Å²) in [6.45, 7) is 0. The molecule has 0 unspecified atom stereocenters. The molecule has 136 valence electrons. The fourth-order valence-corrected chi connectivity index (χ4v) is 3.06. The summed E-state index contributed by atoms with van der Waals surface area (Å²) in [6, 6.07) is 13.4. The van der Waals surface area contributed by atoms with Gasteiger partial charge in [-0.25, -0.2) is 0 Å². The monoisotopic (exact) mass is 381 g/mol. The first-order valence-electron chi connectivity index (χ1n) is 8.06. The van der Waals surface area contributed by atoms with E-state index in [1.807, 2.05) is 0 Å². The van der Waals surface area contributed by atoms with Crippen LogP contribution in [-0.4, -0.2) is 31.3 Å². The quantitative estimate of drug-likeness (QED) is 0.465. The van der Waals surface area contributed by atoms with Gasteiger partial charge in [0.25, 0.3) is 0 Å². The van der Waals surface area contributed by atoms with Crippen LogP contribution in [-0.2, 0) is 0 Å². The number of aldehydes is 1. The molecule has 0 saturated heterocycles. The van der Waals surface area contributed by atoms with Crippen molar-refractivity contribution in [1.82, 2.24) is 4.98 Å². The number of aromatic nitrogens is 1. The van der Waals surface area contributed by atoms with Crippen LogP contribution in [0, 0.1) is 0 Å². The minimum Gasteiger partial charge on any atom is -0.493 e. The van der Waals surface area contributed by atoms with Crippen LogP contribution in [0.15, 0.2) is 54.7 Å². The molecule has 5 nitrogen and oxygen atoms in total. The zero-order chi connectivity index (χ0) is 19.4. The zero-order valence-electron chi connectivity index (χ0n) is 14.7. The number of rotatable bonds is 6. The van der Waals surface area contributed by atoms with E-state index >= 15 is 0 Å². The molecule has 2 aromatic carbocycles. The summed E-state index contributed by atoms with van der Waals surface area (Å²) in [4.78, 5) is 28.8. The molecule has 0 amide bonds. The van der Waals surface area contributed by atoms with E-state index in [2.05, 4.69) is 4.98 Å². The van der Waals surface area contributed by atoms with Crippen LogP contribution in [0.2, 0.25) is 5.02 Å². The number of carbonyl (C=O) groups excluding carboxylic acids is 2. The van der Waals surface area contributed by atoms with E-state index < -0.39 is 0 Å². The second-order valence-corrected chi connectivity index (χ2v) is 6.05. The van der Waals surface area contributed by atoms with Crippen molar-refractivity contribution in [3.05, 3.63) is 76.6 Å². The number of ether oxygens (including phenoxy) is 2. The van der Waals surface area contributed by atoms with E-state index in [0.717, 1.165) is 0 Å². The van der Waals surface area contributed by atoms with Gasteiger partial charge in [0.2, 0.25) is 0 Å². The van der Waals surface area contributed by atoms with Gasteiger partial charge in [-0.15, -0.1) is 0 Å². The van der Waals surface area contributed by atoms with E-state index in [1.165, 1.54) is 20.4 Å².